The molecule has 1 aliphatic heterocycles. The summed E-state index contributed by atoms with van der Waals surface area (Å²) >= 11 is 0. The Hall–Kier alpha value is -2.43. The number of fused-ring (bicyclic) bond motifs is 1. The molecule has 0 radical (unpaired) electrons. The van der Waals surface area contributed by atoms with Crippen LogP contribution in [0.5, 0.6) is 0 Å². The molecule has 3 atom stereocenters. The van der Waals surface area contributed by atoms with Gasteiger partial charge in [-0.25, -0.2) is 9.97 Å². The molecule has 2 aliphatic carbocycles. The van der Waals surface area contributed by atoms with Crippen LogP contribution < -0.4 is 4.90 Å². The first-order valence-electron chi connectivity index (χ1n) is 9.61. The van der Waals surface area contributed by atoms with E-state index < -0.39 is 5.97 Å². The van der Waals surface area contributed by atoms with Crippen molar-refractivity contribution < 1.29 is 9.90 Å². The van der Waals surface area contributed by atoms with Gasteiger partial charge in [-0.3, -0.25) is 4.79 Å². The Morgan fingerprint density at radius 3 is 2.85 bits per heavy atom. The Balaban J connectivity index is 1.55. The standard InChI is InChI=1S/C21H23N3O2/c1-12-8-9-24(12)21-22-18-7-3-6-15(18)19(23-21)14-5-2-4-13(10-14)16-11-17(16)20(25)26/h2,4-5,10,12,16-17H,3,6-9,11H2,1H3,(H,25,26)/t12-,16?,17?/m0/s1. The van der Waals surface area contributed by atoms with E-state index in [1.807, 2.05) is 6.07 Å². The number of carboxylic acid groups (broad SMARTS) is 1. The smallest absolute Gasteiger partial charge is 0.307 e. The molecule has 26 heavy (non-hydrogen) atoms. The molecule has 1 aromatic carbocycles. The minimum absolute atomic E-state index is 0.150. The summed E-state index contributed by atoms with van der Waals surface area (Å²) in [6.45, 7) is 3.25. The Labute approximate surface area is 153 Å². The van der Waals surface area contributed by atoms with Gasteiger partial charge < -0.3 is 10.0 Å². The predicted molar refractivity (Wildman–Crippen MR) is 99.4 cm³/mol. The van der Waals surface area contributed by atoms with Crippen molar-refractivity contribution >= 4 is 11.9 Å². The number of hydrogen-bond acceptors (Lipinski definition) is 4. The molecule has 2 unspecified atom stereocenters. The van der Waals surface area contributed by atoms with Crippen molar-refractivity contribution in [1.82, 2.24) is 9.97 Å². The molecular weight excluding hydrogens is 326 g/mol. The van der Waals surface area contributed by atoms with Gasteiger partial charge in [0.15, 0.2) is 0 Å². The quantitative estimate of drug-likeness (QED) is 0.916. The fraction of sp³-hybridized carbons (Fsp3) is 0.476. The Kier molecular flexibility index (Phi) is 3.52. The largest absolute Gasteiger partial charge is 0.481 e. The monoisotopic (exact) mass is 349 g/mol. The molecule has 2 fully saturated rings. The fourth-order valence-corrected chi connectivity index (χ4v) is 4.35. The van der Waals surface area contributed by atoms with E-state index in [4.69, 9.17) is 9.97 Å². The van der Waals surface area contributed by atoms with Gasteiger partial charge in [-0.1, -0.05) is 18.2 Å². The summed E-state index contributed by atoms with van der Waals surface area (Å²) in [5.74, 6) is 0.105. The number of hydrogen-bond donors (Lipinski definition) is 1. The zero-order chi connectivity index (χ0) is 17.8. The van der Waals surface area contributed by atoms with Gasteiger partial charge in [-0.05, 0) is 56.6 Å². The van der Waals surface area contributed by atoms with Crippen LogP contribution in [0.4, 0.5) is 5.95 Å². The molecular formula is C21H23N3O2. The highest BCUT2D eigenvalue weighted by atomic mass is 16.4. The van der Waals surface area contributed by atoms with Crippen molar-refractivity contribution in [3.63, 3.8) is 0 Å². The number of carbonyl (C=O) groups is 1. The molecule has 0 spiro atoms. The first-order valence-corrected chi connectivity index (χ1v) is 9.61. The third-order valence-electron chi connectivity index (χ3n) is 6.19. The number of aromatic nitrogens is 2. The zero-order valence-electron chi connectivity index (χ0n) is 15.0. The van der Waals surface area contributed by atoms with Crippen molar-refractivity contribution in [1.29, 1.82) is 0 Å². The van der Waals surface area contributed by atoms with Gasteiger partial charge in [0.25, 0.3) is 0 Å². The average Bonchev–Trinajstić information content (AvgIpc) is 3.31. The number of nitrogens with zero attached hydrogens (tertiary/aromatic N) is 3. The van der Waals surface area contributed by atoms with Crippen molar-refractivity contribution in [3.05, 3.63) is 41.1 Å². The van der Waals surface area contributed by atoms with Crippen LogP contribution in [0.2, 0.25) is 0 Å². The van der Waals surface area contributed by atoms with E-state index in [9.17, 15) is 9.90 Å². The van der Waals surface area contributed by atoms with Crippen LogP contribution >= 0.6 is 0 Å². The third kappa shape index (κ3) is 2.49. The van der Waals surface area contributed by atoms with E-state index >= 15 is 0 Å². The molecule has 1 saturated carbocycles. The fourth-order valence-electron chi connectivity index (χ4n) is 4.35. The van der Waals surface area contributed by atoms with Gasteiger partial charge in [-0.2, -0.15) is 0 Å². The maximum atomic E-state index is 11.2. The second-order valence-electron chi connectivity index (χ2n) is 7.89. The van der Waals surface area contributed by atoms with Crippen LogP contribution in [0.3, 0.4) is 0 Å². The number of benzene rings is 1. The molecule has 0 bridgehead atoms. The maximum absolute atomic E-state index is 11.2. The third-order valence-corrected chi connectivity index (χ3v) is 6.19. The van der Waals surface area contributed by atoms with Crippen molar-refractivity contribution in [3.8, 4) is 11.3 Å². The van der Waals surface area contributed by atoms with E-state index in [2.05, 4.69) is 30.0 Å². The summed E-state index contributed by atoms with van der Waals surface area (Å²) in [5, 5.41) is 9.23. The molecule has 134 valence electrons. The van der Waals surface area contributed by atoms with Crippen molar-refractivity contribution in [2.75, 3.05) is 11.4 Å². The summed E-state index contributed by atoms with van der Waals surface area (Å²) in [6, 6.07) is 8.86. The van der Waals surface area contributed by atoms with Gasteiger partial charge in [0.2, 0.25) is 5.95 Å². The normalized spacial score (nSPS) is 26.3. The first-order chi connectivity index (χ1) is 12.6. The maximum Gasteiger partial charge on any atom is 0.307 e. The molecule has 1 N–H and O–H groups in total. The van der Waals surface area contributed by atoms with Crippen LogP contribution in [-0.4, -0.2) is 33.6 Å². The molecule has 5 nitrogen and oxygen atoms in total. The van der Waals surface area contributed by atoms with Crippen LogP contribution in [0.1, 0.15) is 48.9 Å². The highest BCUT2D eigenvalue weighted by Gasteiger charge is 2.44. The summed E-state index contributed by atoms with van der Waals surface area (Å²) in [6.07, 6.45) is 5.15. The molecule has 1 aromatic heterocycles. The number of anilines is 1. The molecule has 1 saturated heterocycles. The van der Waals surface area contributed by atoms with E-state index in [-0.39, 0.29) is 11.8 Å². The van der Waals surface area contributed by atoms with Crippen molar-refractivity contribution in [2.45, 2.75) is 51.0 Å². The summed E-state index contributed by atoms with van der Waals surface area (Å²) in [7, 11) is 0. The second-order valence-corrected chi connectivity index (χ2v) is 7.89. The lowest BCUT2D eigenvalue weighted by Gasteiger charge is -2.39. The van der Waals surface area contributed by atoms with E-state index in [1.54, 1.807) is 0 Å². The lowest BCUT2D eigenvalue weighted by atomic mass is 10.00. The Bertz CT molecular complexity index is 895. The first kappa shape index (κ1) is 15.8. The summed E-state index contributed by atoms with van der Waals surface area (Å²) in [4.78, 5) is 23.3. The number of aliphatic carboxylic acids is 1. The Morgan fingerprint density at radius 2 is 2.15 bits per heavy atom. The lowest BCUT2D eigenvalue weighted by Crippen LogP contribution is -2.46. The minimum atomic E-state index is -0.683. The molecule has 5 rings (SSSR count). The second kappa shape index (κ2) is 5.79. The lowest BCUT2D eigenvalue weighted by molar-refractivity contribution is -0.138. The predicted octanol–water partition coefficient (Wildman–Crippen LogP) is 3.42. The molecule has 3 aliphatic rings. The molecule has 0 amide bonds. The van der Waals surface area contributed by atoms with Crippen LogP contribution in [0.15, 0.2) is 24.3 Å². The topological polar surface area (TPSA) is 66.3 Å². The van der Waals surface area contributed by atoms with Crippen LogP contribution in [0, 0.1) is 5.92 Å². The summed E-state index contributed by atoms with van der Waals surface area (Å²) in [5.41, 5.74) is 5.76. The van der Waals surface area contributed by atoms with E-state index in [0.29, 0.717) is 6.04 Å². The van der Waals surface area contributed by atoms with Gasteiger partial charge in [0.1, 0.15) is 0 Å². The van der Waals surface area contributed by atoms with Gasteiger partial charge >= 0.3 is 5.97 Å². The van der Waals surface area contributed by atoms with Gasteiger partial charge in [-0.15, -0.1) is 0 Å². The Morgan fingerprint density at radius 1 is 1.27 bits per heavy atom. The molecule has 5 heteroatoms. The number of carboxylic acids is 1. The highest BCUT2D eigenvalue weighted by Crippen LogP contribution is 2.48. The number of aryl methyl sites for hydroxylation is 1. The average molecular weight is 349 g/mol. The molecule has 2 heterocycles. The molecule has 2 aromatic rings. The minimum Gasteiger partial charge on any atom is -0.481 e. The van der Waals surface area contributed by atoms with E-state index in [1.165, 1.54) is 17.7 Å². The highest BCUT2D eigenvalue weighted by molar-refractivity contribution is 5.76. The van der Waals surface area contributed by atoms with Crippen LogP contribution in [-0.2, 0) is 17.6 Å². The van der Waals surface area contributed by atoms with Gasteiger partial charge in [0.05, 0.1) is 11.6 Å². The van der Waals surface area contributed by atoms with Gasteiger partial charge in [0, 0.05) is 29.4 Å². The summed E-state index contributed by atoms with van der Waals surface area (Å²) < 4.78 is 0. The van der Waals surface area contributed by atoms with Crippen LogP contribution in [0.25, 0.3) is 11.3 Å². The zero-order valence-corrected chi connectivity index (χ0v) is 15.0. The number of rotatable bonds is 4. The van der Waals surface area contributed by atoms with Crippen molar-refractivity contribution in [2.24, 2.45) is 5.92 Å². The van der Waals surface area contributed by atoms with E-state index in [0.717, 1.165) is 55.0 Å². The SMILES string of the molecule is C[C@H]1CCN1c1nc2c(c(-c3cccc(C4CC4C(=O)O)c3)n1)CCC2.